The van der Waals surface area contributed by atoms with Crippen molar-refractivity contribution in [2.24, 2.45) is 0 Å². The van der Waals surface area contributed by atoms with Crippen LogP contribution in [0.2, 0.25) is 0 Å². The second kappa shape index (κ2) is 5.86. The Morgan fingerprint density at radius 1 is 1.37 bits per heavy atom. The summed E-state index contributed by atoms with van der Waals surface area (Å²) in [5.41, 5.74) is 2.84. The third-order valence-electron chi connectivity index (χ3n) is 4.57. The fourth-order valence-electron chi connectivity index (χ4n) is 3.10. The van der Waals surface area contributed by atoms with Crippen LogP contribution in [-0.2, 0) is 11.2 Å². The summed E-state index contributed by atoms with van der Waals surface area (Å²) >= 11 is 2.03. The van der Waals surface area contributed by atoms with Crippen LogP contribution in [0.15, 0.2) is 24.3 Å². The monoisotopic (exact) mass is 277 g/mol. The normalized spacial score (nSPS) is 24.6. The molecule has 0 amide bonds. The summed E-state index contributed by atoms with van der Waals surface area (Å²) < 4.78 is 6.44. The molecule has 19 heavy (non-hydrogen) atoms. The molecule has 0 radical (unpaired) electrons. The minimum absolute atomic E-state index is 0.240. The SMILES string of the molecule is CSC1(CNCC2OCCc3ccccc32)CCC1. The maximum atomic E-state index is 5.94. The first-order valence-corrected chi connectivity index (χ1v) is 8.51. The zero-order valence-electron chi connectivity index (χ0n) is 11.7. The zero-order valence-corrected chi connectivity index (χ0v) is 12.5. The Morgan fingerprint density at radius 2 is 2.21 bits per heavy atom. The first-order chi connectivity index (χ1) is 9.33. The highest BCUT2D eigenvalue weighted by atomic mass is 32.2. The second-order valence-corrected chi connectivity index (χ2v) is 6.95. The largest absolute Gasteiger partial charge is 0.372 e. The fraction of sp³-hybridized carbons (Fsp3) is 0.625. The summed E-state index contributed by atoms with van der Waals surface area (Å²) in [5, 5.41) is 3.64. The van der Waals surface area contributed by atoms with E-state index in [9.17, 15) is 0 Å². The van der Waals surface area contributed by atoms with Crippen LogP contribution in [0, 0.1) is 0 Å². The van der Waals surface area contributed by atoms with E-state index in [2.05, 4.69) is 35.8 Å². The van der Waals surface area contributed by atoms with Gasteiger partial charge in [0.05, 0.1) is 12.7 Å². The molecule has 1 aromatic carbocycles. The minimum atomic E-state index is 0.240. The van der Waals surface area contributed by atoms with Gasteiger partial charge in [0.15, 0.2) is 0 Å². The van der Waals surface area contributed by atoms with E-state index in [1.807, 2.05) is 11.8 Å². The summed E-state index contributed by atoms with van der Waals surface area (Å²) in [6.45, 7) is 2.92. The molecule has 1 heterocycles. The Bertz CT molecular complexity index is 425. The molecule has 0 aromatic heterocycles. The summed E-state index contributed by atoms with van der Waals surface area (Å²) in [5.74, 6) is 0. The van der Waals surface area contributed by atoms with Gasteiger partial charge in [0.2, 0.25) is 0 Å². The second-order valence-electron chi connectivity index (χ2n) is 5.68. The lowest BCUT2D eigenvalue weighted by Crippen LogP contribution is -2.44. The van der Waals surface area contributed by atoms with Gasteiger partial charge in [0.25, 0.3) is 0 Å². The van der Waals surface area contributed by atoms with Gasteiger partial charge in [-0.05, 0) is 36.6 Å². The molecule has 1 fully saturated rings. The summed E-state index contributed by atoms with van der Waals surface area (Å²) in [7, 11) is 0. The van der Waals surface area contributed by atoms with E-state index in [1.54, 1.807) is 0 Å². The molecule has 1 aromatic rings. The van der Waals surface area contributed by atoms with E-state index >= 15 is 0 Å². The highest BCUT2D eigenvalue weighted by Gasteiger charge is 2.35. The Hall–Kier alpha value is -0.510. The average molecular weight is 277 g/mol. The number of thioether (sulfide) groups is 1. The average Bonchev–Trinajstić information content (AvgIpc) is 2.42. The third kappa shape index (κ3) is 2.83. The van der Waals surface area contributed by atoms with Gasteiger partial charge in [0, 0.05) is 17.8 Å². The van der Waals surface area contributed by atoms with Gasteiger partial charge in [-0.1, -0.05) is 30.7 Å². The first-order valence-electron chi connectivity index (χ1n) is 7.28. The lowest BCUT2D eigenvalue weighted by atomic mass is 9.84. The van der Waals surface area contributed by atoms with Gasteiger partial charge in [0.1, 0.15) is 0 Å². The first kappa shape index (κ1) is 13.5. The van der Waals surface area contributed by atoms with Gasteiger partial charge in [-0.15, -0.1) is 0 Å². The van der Waals surface area contributed by atoms with Crippen LogP contribution in [0.3, 0.4) is 0 Å². The van der Waals surface area contributed by atoms with Crippen molar-refractivity contribution in [2.75, 3.05) is 26.0 Å². The molecule has 3 rings (SSSR count). The third-order valence-corrected chi connectivity index (χ3v) is 5.99. The Morgan fingerprint density at radius 3 is 2.95 bits per heavy atom. The van der Waals surface area contributed by atoms with Crippen molar-refractivity contribution in [3.63, 3.8) is 0 Å². The van der Waals surface area contributed by atoms with E-state index in [0.29, 0.717) is 4.75 Å². The van der Waals surface area contributed by atoms with E-state index in [-0.39, 0.29) is 6.10 Å². The fourth-order valence-corrected chi connectivity index (χ4v) is 4.04. The van der Waals surface area contributed by atoms with Crippen LogP contribution in [0.25, 0.3) is 0 Å². The number of benzene rings is 1. The van der Waals surface area contributed by atoms with Crippen LogP contribution in [0.5, 0.6) is 0 Å². The molecule has 1 aliphatic heterocycles. The molecule has 3 heteroatoms. The van der Waals surface area contributed by atoms with Gasteiger partial charge in [-0.25, -0.2) is 0 Å². The van der Waals surface area contributed by atoms with Crippen molar-refractivity contribution >= 4 is 11.8 Å². The van der Waals surface area contributed by atoms with E-state index in [0.717, 1.165) is 26.1 Å². The molecule has 2 nitrogen and oxygen atoms in total. The standard InChI is InChI=1S/C16H23NOS/c1-19-16(8-4-9-16)12-17-11-15-14-6-3-2-5-13(14)7-10-18-15/h2-3,5-6,15,17H,4,7-12H2,1H3. The predicted molar refractivity (Wildman–Crippen MR) is 81.8 cm³/mol. The van der Waals surface area contributed by atoms with Gasteiger partial charge >= 0.3 is 0 Å². The van der Waals surface area contributed by atoms with Crippen LogP contribution < -0.4 is 5.32 Å². The number of rotatable bonds is 5. The zero-order chi connectivity index (χ0) is 13.1. The van der Waals surface area contributed by atoms with E-state index < -0.39 is 0 Å². The summed E-state index contributed by atoms with van der Waals surface area (Å²) in [6.07, 6.45) is 7.66. The topological polar surface area (TPSA) is 21.3 Å². The Kier molecular flexibility index (Phi) is 4.15. The van der Waals surface area contributed by atoms with E-state index in [1.165, 1.54) is 30.4 Å². The number of hydrogen-bond acceptors (Lipinski definition) is 3. The molecule has 1 saturated carbocycles. The molecule has 0 bridgehead atoms. The van der Waals surface area contributed by atoms with Crippen molar-refractivity contribution in [1.29, 1.82) is 0 Å². The lowest BCUT2D eigenvalue weighted by molar-refractivity contribution is 0.0417. The molecular weight excluding hydrogens is 254 g/mol. The predicted octanol–water partition coefficient (Wildman–Crippen LogP) is 3.18. The quantitative estimate of drug-likeness (QED) is 0.893. The molecule has 104 valence electrons. The summed E-state index contributed by atoms with van der Waals surface area (Å²) in [4.78, 5) is 0. The van der Waals surface area contributed by atoms with Crippen molar-refractivity contribution in [3.8, 4) is 0 Å². The van der Waals surface area contributed by atoms with E-state index in [4.69, 9.17) is 4.74 Å². The minimum Gasteiger partial charge on any atom is -0.372 e. The molecule has 1 N–H and O–H groups in total. The highest BCUT2D eigenvalue weighted by molar-refractivity contribution is 8.00. The van der Waals surface area contributed by atoms with Crippen molar-refractivity contribution < 1.29 is 4.74 Å². The smallest absolute Gasteiger partial charge is 0.0952 e. The van der Waals surface area contributed by atoms with Crippen LogP contribution in [-0.4, -0.2) is 30.7 Å². The Labute approximate surface area is 120 Å². The molecular formula is C16H23NOS. The number of fused-ring (bicyclic) bond motifs is 1. The highest BCUT2D eigenvalue weighted by Crippen LogP contribution is 2.42. The van der Waals surface area contributed by atoms with Crippen LogP contribution in [0.4, 0.5) is 0 Å². The summed E-state index contributed by atoms with van der Waals surface area (Å²) in [6, 6.07) is 8.70. The lowest BCUT2D eigenvalue weighted by Gasteiger charge is -2.41. The van der Waals surface area contributed by atoms with Crippen molar-refractivity contribution in [1.82, 2.24) is 5.32 Å². The molecule has 1 aliphatic carbocycles. The molecule has 1 atom stereocenters. The number of hydrogen-bond donors (Lipinski definition) is 1. The van der Waals surface area contributed by atoms with Crippen molar-refractivity contribution in [2.45, 2.75) is 36.5 Å². The Balaban J connectivity index is 1.56. The molecule has 1 unspecified atom stereocenters. The maximum absolute atomic E-state index is 5.94. The van der Waals surface area contributed by atoms with Crippen LogP contribution >= 0.6 is 11.8 Å². The van der Waals surface area contributed by atoms with Gasteiger partial charge < -0.3 is 10.1 Å². The van der Waals surface area contributed by atoms with Crippen molar-refractivity contribution in [3.05, 3.63) is 35.4 Å². The van der Waals surface area contributed by atoms with Gasteiger partial charge in [-0.3, -0.25) is 0 Å². The maximum Gasteiger partial charge on any atom is 0.0952 e. The van der Waals surface area contributed by atoms with Crippen LogP contribution in [0.1, 0.15) is 36.5 Å². The molecule has 2 aliphatic rings. The molecule has 0 saturated heterocycles. The number of ether oxygens (including phenoxy) is 1. The van der Waals surface area contributed by atoms with Gasteiger partial charge in [-0.2, -0.15) is 11.8 Å². The number of nitrogens with one attached hydrogen (secondary N) is 1. The molecule has 0 spiro atoms.